The number of rotatable bonds is 8. The zero-order chi connectivity index (χ0) is 24.8. The number of nitrogens with one attached hydrogen (secondary N) is 1. The molecule has 0 atom stereocenters. The lowest BCUT2D eigenvalue weighted by molar-refractivity contribution is 0.0951. The first kappa shape index (κ1) is 25.2. The highest BCUT2D eigenvalue weighted by Crippen LogP contribution is 2.23. The van der Waals surface area contributed by atoms with Crippen LogP contribution in [0.5, 0.6) is 0 Å². The van der Waals surface area contributed by atoms with Gasteiger partial charge in [-0.3, -0.25) is 14.0 Å². The van der Waals surface area contributed by atoms with E-state index in [1.807, 2.05) is 12.1 Å². The molecule has 1 N–H and O–H groups in total. The van der Waals surface area contributed by atoms with Crippen LogP contribution in [0.15, 0.2) is 77.7 Å². The topological polar surface area (TPSA) is 69.7 Å². The van der Waals surface area contributed by atoms with Crippen LogP contribution in [0.1, 0.15) is 40.7 Å². The molecule has 0 bridgehead atoms. The minimum Gasteiger partial charge on any atom is -0.348 e. The van der Waals surface area contributed by atoms with Crippen molar-refractivity contribution in [3.8, 4) is 0 Å². The zero-order valence-electron chi connectivity index (χ0n) is 19.8. The first-order valence-electron chi connectivity index (χ1n) is 11.8. The van der Waals surface area contributed by atoms with Crippen LogP contribution >= 0.6 is 11.6 Å². The number of anilines is 1. The van der Waals surface area contributed by atoms with Crippen molar-refractivity contribution < 1.29 is 13.2 Å². The third-order valence-corrected chi connectivity index (χ3v) is 8.32. The van der Waals surface area contributed by atoms with Gasteiger partial charge < -0.3 is 5.32 Å². The van der Waals surface area contributed by atoms with E-state index < -0.39 is 10.0 Å². The van der Waals surface area contributed by atoms with Crippen molar-refractivity contribution in [2.45, 2.75) is 37.2 Å². The monoisotopic (exact) mass is 511 g/mol. The SMILES string of the molecule is CN(c1ccc(C(=O)NCc2cccc(CN3CCCCC3)c2)cc1)S(=O)(=O)c1ccc(Cl)cc1. The van der Waals surface area contributed by atoms with Gasteiger partial charge in [0.05, 0.1) is 10.6 Å². The van der Waals surface area contributed by atoms with Crippen molar-refractivity contribution in [1.29, 1.82) is 0 Å². The van der Waals surface area contributed by atoms with E-state index in [9.17, 15) is 13.2 Å². The highest BCUT2D eigenvalue weighted by Gasteiger charge is 2.21. The standard InChI is InChI=1S/C27H30ClN3O3S/c1-30(35(33,34)26-14-10-24(28)11-15-26)25-12-8-23(9-13-25)27(32)29-19-21-6-5-7-22(18-21)20-31-16-3-2-4-17-31/h5-15,18H,2-4,16-17,19-20H2,1H3,(H,29,32). The number of hydrogen-bond acceptors (Lipinski definition) is 4. The van der Waals surface area contributed by atoms with Gasteiger partial charge in [-0.15, -0.1) is 0 Å². The molecule has 6 nitrogen and oxygen atoms in total. The molecule has 35 heavy (non-hydrogen) atoms. The Bertz CT molecular complexity index is 1260. The Labute approximate surface area is 212 Å². The summed E-state index contributed by atoms with van der Waals surface area (Å²) in [5.41, 5.74) is 3.24. The maximum atomic E-state index is 12.9. The molecule has 4 rings (SSSR count). The molecule has 1 amide bonds. The summed E-state index contributed by atoms with van der Waals surface area (Å²) in [6.07, 6.45) is 3.84. The van der Waals surface area contributed by atoms with Crippen LogP contribution in [0.3, 0.4) is 0 Å². The molecule has 0 aromatic heterocycles. The largest absolute Gasteiger partial charge is 0.348 e. The highest BCUT2D eigenvalue weighted by atomic mass is 35.5. The molecule has 1 fully saturated rings. The summed E-state index contributed by atoms with van der Waals surface area (Å²) in [4.78, 5) is 15.3. The Balaban J connectivity index is 1.36. The fraction of sp³-hybridized carbons (Fsp3) is 0.296. The predicted molar refractivity (Wildman–Crippen MR) is 140 cm³/mol. The number of carbonyl (C=O) groups is 1. The molecule has 0 unspecified atom stereocenters. The fourth-order valence-corrected chi connectivity index (χ4v) is 5.55. The lowest BCUT2D eigenvalue weighted by Gasteiger charge is -2.26. The Hall–Kier alpha value is -2.87. The molecule has 184 valence electrons. The molecule has 1 aliphatic rings. The molecule has 3 aromatic rings. The first-order chi connectivity index (χ1) is 16.8. The second-order valence-electron chi connectivity index (χ2n) is 8.81. The fourth-order valence-electron chi connectivity index (χ4n) is 4.22. The van der Waals surface area contributed by atoms with Gasteiger partial charge in [-0.25, -0.2) is 8.42 Å². The molecule has 1 saturated heterocycles. The molecule has 3 aromatic carbocycles. The Morgan fingerprint density at radius 3 is 2.29 bits per heavy atom. The Morgan fingerprint density at radius 1 is 0.943 bits per heavy atom. The third-order valence-electron chi connectivity index (χ3n) is 6.26. The van der Waals surface area contributed by atoms with Crippen LogP contribution < -0.4 is 9.62 Å². The number of piperidine rings is 1. The van der Waals surface area contributed by atoms with Crippen molar-refractivity contribution in [2.24, 2.45) is 0 Å². The van der Waals surface area contributed by atoms with E-state index >= 15 is 0 Å². The molecule has 8 heteroatoms. The summed E-state index contributed by atoms with van der Waals surface area (Å²) in [6, 6.07) is 20.9. The average molecular weight is 512 g/mol. The molecular formula is C27H30ClN3O3S. The summed E-state index contributed by atoms with van der Waals surface area (Å²) in [5.74, 6) is -0.207. The van der Waals surface area contributed by atoms with Gasteiger partial charge in [0.25, 0.3) is 15.9 Å². The minimum atomic E-state index is -3.73. The van der Waals surface area contributed by atoms with Crippen molar-refractivity contribution in [1.82, 2.24) is 10.2 Å². The van der Waals surface area contributed by atoms with E-state index in [0.717, 1.165) is 25.2 Å². The van der Waals surface area contributed by atoms with E-state index in [-0.39, 0.29) is 10.8 Å². The zero-order valence-corrected chi connectivity index (χ0v) is 21.4. The molecule has 1 aliphatic heterocycles. The van der Waals surface area contributed by atoms with Crippen LogP contribution in [-0.2, 0) is 23.1 Å². The lowest BCUT2D eigenvalue weighted by atomic mass is 10.1. The summed E-state index contributed by atoms with van der Waals surface area (Å²) in [5, 5.41) is 3.43. The molecule has 0 spiro atoms. The van der Waals surface area contributed by atoms with Crippen LogP contribution in [0.4, 0.5) is 5.69 Å². The van der Waals surface area contributed by atoms with Gasteiger partial charge in [-0.1, -0.05) is 42.3 Å². The average Bonchev–Trinajstić information content (AvgIpc) is 2.88. The van der Waals surface area contributed by atoms with Crippen molar-refractivity contribution in [3.05, 3.63) is 94.5 Å². The number of halogens is 1. The quantitative estimate of drug-likeness (QED) is 0.458. The number of nitrogens with zero attached hydrogens (tertiary/aromatic N) is 2. The molecular weight excluding hydrogens is 482 g/mol. The van der Waals surface area contributed by atoms with Crippen LogP contribution in [0.25, 0.3) is 0 Å². The van der Waals surface area contributed by atoms with Gasteiger partial charge >= 0.3 is 0 Å². The van der Waals surface area contributed by atoms with Crippen molar-refractivity contribution >= 4 is 33.2 Å². The summed E-state index contributed by atoms with van der Waals surface area (Å²) >= 11 is 5.87. The normalized spacial score (nSPS) is 14.5. The van der Waals surface area contributed by atoms with Gasteiger partial charge in [-0.2, -0.15) is 0 Å². The molecule has 0 aliphatic carbocycles. The Kier molecular flexibility index (Phi) is 8.11. The highest BCUT2D eigenvalue weighted by molar-refractivity contribution is 7.92. The number of sulfonamides is 1. The van der Waals surface area contributed by atoms with Gasteiger partial charge in [0, 0.05) is 30.7 Å². The molecule has 1 heterocycles. The van der Waals surface area contributed by atoms with E-state index in [1.54, 1.807) is 36.4 Å². The predicted octanol–water partition coefficient (Wildman–Crippen LogP) is 5.08. The third kappa shape index (κ3) is 6.42. The Morgan fingerprint density at radius 2 is 1.60 bits per heavy atom. The number of likely N-dealkylation sites (tertiary alicyclic amines) is 1. The lowest BCUT2D eigenvalue weighted by Crippen LogP contribution is -2.29. The number of hydrogen-bond donors (Lipinski definition) is 1. The van der Waals surface area contributed by atoms with Crippen molar-refractivity contribution in [2.75, 3.05) is 24.4 Å². The molecule has 0 saturated carbocycles. The summed E-state index contributed by atoms with van der Waals surface area (Å²) in [6.45, 7) is 3.66. The van der Waals surface area contributed by atoms with Crippen molar-refractivity contribution in [3.63, 3.8) is 0 Å². The number of carbonyl (C=O) groups excluding carboxylic acids is 1. The smallest absolute Gasteiger partial charge is 0.264 e. The first-order valence-corrected chi connectivity index (χ1v) is 13.6. The van der Waals surface area contributed by atoms with E-state index in [2.05, 4.69) is 22.3 Å². The van der Waals surface area contributed by atoms with Crippen LogP contribution in [-0.4, -0.2) is 39.4 Å². The summed E-state index contributed by atoms with van der Waals surface area (Å²) in [7, 11) is -2.25. The van der Waals surface area contributed by atoms with Crippen LogP contribution in [0, 0.1) is 0 Å². The van der Waals surface area contributed by atoms with Gasteiger partial charge in [-0.05, 0) is 85.6 Å². The maximum absolute atomic E-state index is 12.9. The van der Waals surface area contributed by atoms with Gasteiger partial charge in [0.2, 0.25) is 0 Å². The van der Waals surface area contributed by atoms with E-state index in [0.29, 0.717) is 22.8 Å². The minimum absolute atomic E-state index is 0.147. The number of amides is 1. The molecule has 0 radical (unpaired) electrons. The summed E-state index contributed by atoms with van der Waals surface area (Å²) < 4.78 is 26.9. The maximum Gasteiger partial charge on any atom is 0.264 e. The van der Waals surface area contributed by atoms with E-state index in [1.165, 1.54) is 48.3 Å². The van der Waals surface area contributed by atoms with Gasteiger partial charge in [0.15, 0.2) is 0 Å². The second-order valence-corrected chi connectivity index (χ2v) is 11.2. The van der Waals surface area contributed by atoms with E-state index in [4.69, 9.17) is 11.6 Å². The van der Waals surface area contributed by atoms with Gasteiger partial charge in [0.1, 0.15) is 0 Å². The second kappa shape index (κ2) is 11.2. The van der Waals surface area contributed by atoms with Crippen LogP contribution in [0.2, 0.25) is 5.02 Å². The number of benzene rings is 3.